The van der Waals surface area contributed by atoms with Crippen LogP contribution in [-0.2, 0) is 32.7 Å². The van der Waals surface area contributed by atoms with Gasteiger partial charge in [0.2, 0.25) is 0 Å². The normalized spacial score (nSPS) is 14.0. The first-order valence-electron chi connectivity index (χ1n) is 25.0. The number of quaternary nitrogens is 1. The van der Waals surface area contributed by atoms with Crippen molar-refractivity contribution >= 4 is 19.8 Å². The van der Waals surface area contributed by atoms with Crippen LogP contribution in [0.1, 0.15) is 206 Å². The zero-order valence-corrected chi connectivity index (χ0v) is 41.4. The third-order valence-electron chi connectivity index (χ3n) is 10.5. The third kappa shape index (κ3) is 47.2. The topological polar surface area (TPSA) is 111 Å². The minimum absolute atomic E-state index is 0.0334. The number of ether oxygens (including phenoxy) is 2. The van der Waals surface area contributed by atoms with Crippen LogP contribution < -0.4 is 4.89 Å². The van der Waals surface area contributed by atoms with E-state index in [1.54, 1.807) is 0 Å². The first kappa shape index (κ1) is 59.7. The first-order valence-corrected chi connectivity index (χ1v) is 26.5. The Morgan fingerprint density at radius 1 is 0.516 bits per heavy atom. The fraction of sp³-hybridized carbons (Fsp3) is 0.769. The number of rotatable bonds is 45. The molecule has 0 aromatic rings. The maximum absolute atomic E-state index is 12.7. The van der Waals surface area contributed by atoms with Gasteiger partial charge >= 0.3 is 11.9 Å². The molecule has 0 aliphatic heterocycles. The van der Waals surface area contributed by atoms with E-state index in [4.69, 9.17) is 18.5 Å². The summed E-state index contributed by atoms with van der Waals surface area (Å²) in [5, 5.41) is 0. The summed E-state index contributed by atoms with van der Waals surface area (Å²) in [6.07, 6.45) is 54.1. The SMILES string of the molecule is CC/C=C\C/C=C\C/C=C\C/C=C\CCCCCCCCCCCCCCCCC(=O)OC(COC(=O)CCCCCCC/C=C\CCCC)COP(=O)([O-])OCC[N+](C)(C)C. The molecular formula is C52H94NO8P. The summed E-state index contributed by atoms with van der Waals surface area (Å²) in [4.78, 5) is 37.6. The standard InChI is InChI=1S/C52H94NO8P/c1-6-8-10-12-14-16-18-19-20-21-22-23-24-25-26-27-28-29-30-31-32-33-35-37-39-41-43-45-52(55)61-50(49-60-62(56,57)59-47-46-53(3,4)5)48-58-51(54)44-42-40-38-36-34-17-15-13-11-9-7-2/h8,10,13-16,19-20,22-23,50H,6-7,9,11-12,17-18,21,24-49H2,1-5H3/b10-8-,15-13-,16-14-,20-19-,23-22-. The van der Waals surface area contributed by atoms with E-state index in [1.807, 2.05) is 21.1 Å². The molecule has 0 saturated carbocycles. The summed E-state index contributed by atoms with van der Waals surface area (Å²) in [7, 11) is 1.16. The largest absolute Gasteiger partial charge is 0.756 e. The number of esters is 2. The second kappa shape index (κ2) is 43.9. The van der Waals surface area contributed by atoms with E-state index in [0.717, 1.165) is 89.9 Å². The highest BCUT2D eigenvalue weighted by Crippen LogP contribution is 2.38. The van der Waals surface area contributed by atoms with E-state index < -0.39 is 32.5 Å². The number of phosphoric ester groups is 1. The molecule has 0 heterocycles. The van der Waals surface area contributed by atoms with Crippen molar-refractivity contribution in [3.05, 3.63) is 60.8 Å². The Bertz CT molecular complexity index is 1240. The van der Waals surface area contributed by atoms with E-state index in [2.05, 4.69) is 74.6 Å². The Hall–Kier alpha value is -2.29. The van der Waals surface area contributed by atoms with Crippen LogP contribution >= 0.6 is 7.82 Å². The summed E-state index contributed by atoms with van der Waals surface area (Å²) in [6.45, 7) is 4.07. The van der Waals surface area contributed by atoms with Gasteiger partial charge in [-0.05, 0) is 70.6 Å². The summed E-state index contributed by atoms with van der Waals surface area (Å²) < 4.78 is 34.0. The van der Waals surface area contributed by atoms with Gasteiger partial charge in [0.1, 0.15) is 19.8 Å². The lowest BCUT2D eigenvalue weighted by molar-refractivity contribution is -0.870. The predicted molar refractivity (Wildman–Crippen MR) is 259 cm³/mol. The minimum atomic E-state index is -4.63. The minimum Gasteiger partial charge on any atom is -0.756 e. The molecule has 0 bridgehead atoms. The number of hydrogen-bond acceptors (Lipinski definition) is 8. The zero-order valence-electron chi connectivity index (χ0n) is 40.6. The molecule has 0 amide bonds. The van der Waals surface area contributed by atoms with Gasteiger partial charge in [0.05, 0.1) is 27.7 Å². The maximum Gasteiger partial charge on any atom is 0.306 e. The number of nitrogens with zero attached hydrogens (tertiary/aromatic N) is 1. The molecule has 0 aromatic heterocycles. The summed E-state index contributed by atoms with van der Waals surface area (Å²) in [6, 6.07) is 0. The first-order chi connectivity index (χ1) is 30.0. The summed E-state index contributed by atoms with van der Waals surface area (Å²) in [5.74, 6) is -0.846. The Balaban J connectivity index is 4.14. The summed E-state index contributed by atoms with van der Waals surface area (Å²) >= 11 is 0. The van der Waals surface area contributed by atoms with Crippen molar-refractivity contribution < 1.29 is 42.1 Å². The van der Waals surface area contributed by atoms with Gasteiger partial charge in [0, 0.05) is 12.8 Å². The Kier molecular flexibility index (Phi) is 42.3. The van der Waals surface area contributed by atoms with Crippen molar-refractivity contribution in [1.29, 1.82) is 0 Å². The highest BCUT2D eigenvalue weighted by Gasteiger charge is 2.21. The zero-order chi connectivity index (χ0) is 45.7. The van der Waals surface area contributed by atoms with E-state index in [9.17, 15) is 19.0 Å². The van der Waals surface area contributed by atoms with E-state index in [0.29, 0.717) is 17.4 Å². The molecule has 0 spiro atoms. The van der Waals surface area contributed by atoms with Gasteiger partial charge in [0.15, 0.2) is 6.10 Å². The van der Waals surface area contributed by atoms with Gasteiger partial charge < -0.3 is 27.9 Å². The van der Waals surface area contributed by atoms with Crippen molar-refractivity contribution in [3.63, 3.8) is 0 Å². The van der Waals surface area contributed by atoms with Gasteiger partial charge in [-0.25, -0.2) is 0 Å². The van der Waals surface area contributed by atoms with Gasteiger partial charge in [-0.3, -0.25) is 14.2 Å². The lowest BCUT2D eigenvalue weighted by Crippen LogP contribution is -2.37. The van der Waals surface area contributed by atoms with E-state index >= 15 is 0 Å². The average molecular weight is 892 g/mol. The third-order valence-corrected chi connectivity index (χ3v) is 11.5. The monoisotopic (exact) mass is 892 g/mol. The molecule has 9 nitrogen and oxygen atoms in total. The molecule has 0 aromatic carbocycles. The molecule has 0 radical (unpaired) electrons. The molecule has 360 valence electrons. The van der Waals surface area contributed by atoms with Crippen LogP contribution in [0.3, 0.4) is 0 Å². The van der Waals surface area contributed by atoms with Crippen LogP contribution in [0, 0.1) is 0 Å². The van der Waals surface area contributed by atoms with Crippen molar-refractivity contribution in [2.75, 3.05) is 47.5 Å². The summed E-state index contributed by atoms with van der Waals surface area (Å²) in [5.41, 5.74) is 0. The molecule has 0 N–H and O–H groups in total. The number of unbranched alkanes of at least 4 members (excludes halogenated alkanes) is 21. The molecule has 10 heteroatoms. The fourth-order valence-electron chi connectivity index (χ4n) is 6.63. The fourth-order valence-corrected chi connectivity index (χ4v) is 7.36. The molecule has 2 atom stereocenters. The van der Waals surface area contributed by atoms with Crippen LogP contribution in [0.5, 0.6) is 0 Å². The molecular weight excluding hydrogens is 798 g/mol. The second-order valence-corrected chi connectivity index (χ2v) is 19.2. The Labute approximate surface area is 381 Å². The van der Waals surface area contributed by atoms with Crippen molar-refractivity contribution in [3.8, 4) is 0 Å². The second-order valence-electron chi connectivity index (χ2n) is 17.8. The quantitative estimate of drug-likeness (QED) is 0.0195. The predicted octanol–water partition coefficient (Wildman–Crippen LogP) is 14.2. The number of hydrogen-bond donors (Lipinski definition) is 0. The van der Waals surface area contributed by atoms with Crippen molar-refractivity contribution in [1.82, 2.24) is 0 Å². The van der Waals surface area contributed by atoms with Crippen LogP contribution in [0.4, 0.5) is 0 Å². The Morgan fingerprint density at radius 2 is 0.919 bits per heavy atom. The number of allylic oxidation sites excluding steroid dienone is 10. The van der Waals surface area contributed by atoms with Crippen LogP contribution in [0.2, 0.25) is 0 Å². The van der Waals surface area contributed by atoms with Gasteiger partial charge in [-0.1, -0.05) is 184 Å². The molecule has 2 unspecified atom stereocenters. The van der Waals surface area contributed by atoms with Crippen LogP contribution in [-0.4, -0.2) is 70.0 Å². The van der Waals surface area contributed by atoms with Crippen molar-refractivity contribution in [2.45, 2.75) is 213 Å². The van der Waals surface area contributed by atoms with Gasteiger partial charge in [-0.2, -0.15) is 0 Å². The molecule has 62 heavy (non-hydrogen) atoms. The lowest BCUT2D eigenvalue weighted by Gasteiger charge is -2.28. The van der Waals surface area contributed by atoms with Gasteiger partial charge in [-0.15, -0.1) is 0 Å². The Morgan fingerprint density at radius 3 is 1.39 bits per heavy atom. The highest BCUT2D eigenvalue weighted by molar-refractivity contribution is 7.45. The number of likely N-dealkylation sites (N-methyl/N-ethyl adjacent to an activating group) is 1. The van der Waals surface area contributed by atoms with Crippen LogP contribution in [0.25, 0.3) is 0 Å². The average Bonchev–Trinajstić information content (AvgIpc) is 3.23. The maximum atomic E-state index is 12.7. The van der Waals surface area contributed by atoms with E-state index in [-0.39, 0.29) is 26.1 Å². The van der Waals surface area contributed by atoms with Crippen molar-refractivity contribution in [2.24, 2.45) is 0 Å². The molecule has 0 rings (SSSR count). The number of carbonyl (C=O) groups is 2. The highest BCUT2D eigenvalue weighted by atomic mass is 31.2. The van der Waals surface area contributed by atoms with Gasteiger partial charge in [0.25, 0.3) is 7.82 Å². The smallest absolute Gasteiger partial charge is 0.306 e. The molecule has 0 fully saturated rings. The number of carbonyl (C=O) groups excluding carboxylic acids is 2. The lowest BCUT2D eigenvalue weighted by atomic mass is 10.0. The molecule has 0 aliphatic carbocycles. The van der Waals surface area contributed by atoms with E-state index in [1.165, 1.54) is 83.5 Å². The molecule has 0 saturated heterocycles. The number of phosphoric acid groups is 1. The van der Waals surface area contributed by atoms with Crippen LogP contribution in [0.15, 0.2) is 60.8 Å². The molecule has 0 aliphatic rings.